The molecule has 3 heterocycles. The maximum absolute atomic E-state index is 13.0. The zero-order valence-corrected chi connectivity index (χ0v) is 22.3. The van der Waals surface area contributed by atoms with Crippen LogP contribution in [0.25, 0.3) is 22.3 Å². The van der Waals surface area contributed by atoms with Crippen molar-refractivity contribution < 1.29 is 19.1 Å². The van der Waals surface area contributed by atoms with Crippen LogP contribution in [0.4, 0.5) is 4.79 Å². The molecule has 1 N–H and O–H groups in total. The summed E-state index contributed by atoms with van der Waals surface area (Å²) in [4.78, 5) is 36.2. The van der Waals surface area contributed by atoms with Crippen molar-refractivity contribution in [2.45, 2.75) is 63.1 Å². The normalized spacial score (nSPS) is 26.7. The average Bonchev–Trinajstić information content (AvgIpc) is 3.34. The number of piperazine rings is 1. The highest BCUT2D eigenvalue weighted by atomic mass is 16.6. The van der Waals surface area contributed by atoms with E-state index in [0.29, 0.717) is 6.54 Å². The summed E-state index contributed by atoms with van der Waals surface area (Å²) in [7, 11) is 1.43. The zero-order valence-electron chi connectivity index (χ0n) is 22.3. The van der Waals surface area contributed by atoms with E-state index in [9.17, 15) is 9.59 Å². The molecule has 1 aromatic carbocycles. The molecule has 3 fully saturated rings. The van der Waals surface area contributed by atoms with Gasteiger partial charge in [-0.05, 0) is 57.7 Å². The molecule has 2 aromatic heterocycles. The van der Waals surface area contributed by atoms with Crippen LogP contribution in [0, 0.1) is 5.92 Å². The Morgan fingerprint density at radius 2 is 1.97 bits per heavy atom. The molecule has 0 bridgehead atoms. The van der Waals surface area contributed by atoms with E-state index >= 15 is 0 Å². The summed E-state index contributed by atoms with van der Waals surface area (Å²) in [6.07, 6.45) is 7.66. The Morgan fingerprint density at radius 1 is 1.16 bits per heavy atom. The standard InChI is InChI=1S/C28H34N6O4/c1-27(2,3)38-26(36)33-8-7-29-16-28(33)12-21(28)17-5-6-22-23(11-17)32-24(14-30-22)19-13-31-34(15-19)20-9-18(10-20)25(35)37-4/h5-6,11,13-15,18,20-21,29H,7-10,12,16H2,1-4H3. The molecule has 200 valence electrons. The second-order valence-corrected chi connectivity index (χ2v) is 11.7. The van der Waals surface area contributed by atoms with E-state index < -0.39 is 5.60 Å². The first-order valence-electron chi connectivity index (χ1n) is 13.3. The van der Waals surface area contributed by atoms with Crippen molar-refractivity contribution in [2.75, 3.05) is 26.7 Å². The smallest absolute Gasteiger partial charge is 0.410 e. The van der Waals surface area contributed by atoms with Crippen molar-refractivity contribution in [3.05, 3.63) is 42.4 Å². The highest BCUT2D eigenvalue weighted by Crippen LogP contribution is 2.56. The van der Waals surface area contributed by atoms with E-state index in [1.807, 2.05) is 42.6 Å². The van der Waals surface area contributed by atoms with Crippen LogP contribution in [0.1, 0.15) is 57.6 Å². The molecule has 10 nitrogen and oxygen atoms in total. The minimum Gasteiger partial charge on any atom is -0.469 e. The van der Waals surface area contributed by atoms with Crippen molar-refractivity contribution in [3.63, 3.8) is 0 Å². The SMILES string of the molecule is COC(=O)C1CC(n2cc(-c3cnc4ccc(C5CC56CNCCN6C(=O)OC(C)(C)C)cc4n3)cn2)C1. The molecule has 3 aliphatic rings. The van der Waals surface area contributed by atoms with Crippen LogP contribution in [0.3, 0.4) is 0 Å². The molecule has 2 aliphatic carbocycles. The van der Waals surface area contributed by atoms with Gasteiger partial charge in [0.1, 0.15) is 5.60 Å². The van der Waals surface area contributed by atoms with Gasteiger partial charge in [0.05, 0.1) is 53.7 Å². The number of rotatable bonds is 4. The Morgan fingerprint density at radius 3 is 2.74 bits per heavy atom. The predicted molar refractivity (Wildman–Crippen MR) is 140 cm³/mol. The van der Waals surface area contributed by atoms with E-state index in [4.69, 9.17) is 14.5 Å². The molecular weight excluding hydrogens is 484 g/mol. The molecule has 3 aromatic rings. The topological polar surface area (TPSA) is 111 Å². The van der Waals surface area contributed by atoms with Gasteiger partial charge in [0.2, 0.25) is 0 Å². The summed E-state index contributed by atoms with van der Waals surface area (Å²) in [6.45, 7) is 7.85. The van der Waals surface area contributed by atoms with Crippen LogP contribution in [0.15, 0.2) is 36.8 Å². The van der Waals surface area contributed by atoms with Crippen LogP contribution in [0.2, 0.25) is 0 Å². The Kier molecular flexibility index (Phi) is 5.90. The highest BCUT2D eigenvalue weighted by Gasteiger charge is 2.61. The molecule has 2 saturated carbocycles. The van der Waals surface area contributed by atoms with Gasteiger partial charge in [0.25, 0.3) is 0 Å². The van der Waals surface area contributed by atoms with E-state index in [-0.39, 0.29) is 35.5 Å². The number of esters is 1. The number of nitrogens with one attached hydrogen (secondary N) is 1. The molecule has 10 heteroatoms. The quantitative estimate of drug-likeness (QED) is 0.521. The van der Waals surface area contributed by atoms with Gasteiger partial charge < -0.3 is 14.8 Å². The number of ether oxygens (including phenoxy) is 2. The van der Waals surface area contributed by atoms with Gasteiger partial charge in [-0.2, -0.15) is 5.10 Å². The van der Waals surface area contributed by atoms with Gasteiger partial charge in [-0.1, -0.05) is 6.07 Å². The Bertz CT molecular complexity index is 1390. The summed E-state index contributed by atoms with van der Waals surface area (Å²) in [5.74, 6) is 0.00940. The summed E-state index contributed by atoms with van der Waals surface area (Å²) in [5, 5.41) is 7.99. The lowest BCUT2D eigenvalue weighted by atomic mass is 9.80. The Balaban J connectivity index is 1.21. The van der Waals surface area contributed by atoms with Crippen molar-refractivity contribution in [3.8, 4) is 11.3 Å². The van der Waals surface area contributed by atoms with Crippen LogP contribution in [-0.4, -0.2) is 74.6 Å². The number of aromatic nitrogens is 4. The van der Waals surface area contributed by atoms with Gasteiger partial charge in [-0.15, -0.1) is 0 Å². The van der Waals surface area contributed by atoms with Crippen molar-refractivity contribution in [1.82, 2.24) is 30.0 Å². The first kappa shape index (κ1) is 24.8. The number of nitrogens with zero attached hydrogens (tertiary/aromatic N) is 5. The molecule has 1 saturated heterocycles. The van der Waals surface area contributed by atoms with E-state index in [1.54, 1.807) is 12.4 Å². The fourth-order valence-electron chi connectivity index (χ4n) is 5.84. The molecule has 2 atom stereocenters. The third kappa shape index (κ3) is 4.40. The fraction of sp³-hybridized carbons (Fsp3) is 0.536. The molecule has 2 unspecified atom stereocenters. The maximum atomic E-state index is 13.0. The third-order valence-corrected chi connectivity index (χ3v) is 8.03. The van der Waals surface area contributed by atoms with Gasteiger partial charge in [0, 0.05) is 37.3 Å². The number of hydrogen-bond donors (Lipinski definition) is 1. The van der Waals surface area contributed by atoms with Gasteiger partial charge >= 0.3 is 12.1 Å². The van der Waals surface area contributed by atoms with Crippen molar-refractivity contribution >= 4 is 23.1 Å². The summed E-state index contributed by atoms with van der Waals surface area (Å²) >= 11 is 0. The molecule has 0 radical (unpaired) electrons. The maximum Gasteiger partial charge on any atom is 0.410 e. The number of carbonyl (C=O) groups is 2. The van der Waals surface area contributed by atoms with Gasteiger partial charge in [0.15, 0.2) is 0 Å². The summed E-state index contributed by atoms with van der Waals surface area (Å²) in [6, 6.07) is 6.40. The predicted octanol–water partition coefficient (Wildman–Crippen LogP) is 3.68. The first-order valence-corrected chi connectivity index (χ1v) is 13.3. The number of hydrogen-bond acceptors (Lipinski definition) is 8. The lowest BCUT2D eigenvalue weighted by molar-refractivity contribution is -0.149. The van der Waals surface area contributed by atoms with Crippen LogP contribution in [0.5, 0.6) is 0 Å². The van der Waals surface area contributed by atoms with E-state index in [1.165, 1.54) is 7.11 Å². The lowest BCUT2D eigenvalue weighted by Crippen LogP contribution is -2.57. The first-order chi connectivity index (χ1) is 18.2. The number of amides is 1. The highest BCUT2D eigenvalue weighted by molar-refractivity contribution is 5.78. The molecule has 38 heavy (non-hydrogen) atoms. The minimum absolute atomic E-state index is 0.0483. The number of fused-ring (bicyclic) bond motifs is 1. The molecular formula is C28H34N6O4. The molecule has 6 rings (SSSR count). The van der Waals surface area contributed by atoms with E-state index in [2.05, 4.69) is 27.5 Å². The average molecular weight is 519 g/mol. The largest absolute Gasteiger partial charge is 0.469 e. The van der Waals surface area contributed by atoms with Crippen molar-refractivity contribution in [2.24, 2.45) is 5.92 Å². The minimum atomic E-state index is -0.530. The molecule has 1 amide bonds. The number of methoxy groups -OCH3 is 1. The second-order valence-electron chi connectivity index (χ2n) is 11.7. The summed E-state index contributed by atoms with van der Waals surface area (Å²) < 4.78 is 12.5. The number of benzene rings is 1. The summed E-state index contributed by atoms with van der Waals surface area (Å²) in [5.41, 5.74) is 3.64. The van der Waals surface area contributed by atoms with Crippen molar-refractivity contribution in [1.29, 1.82) is 0 Å². The number of carbonyl (C=O) groups excluding carboxylic acids is 2. The molecule has 1 aliphatic heterocycles. The fourth-order valence-corrected chi connectivity index (χ4v) is 5.84. The second kappa shape index (κ2) is 9.04. The van der Waals surface area contributed by atoms with Crippen LogP contribution >= 0.6 is 0 Å². The Hall–Kier alpha value is -3.53. The van der Waals surface area contributed by atoms with Crippen LogP contribution in [-0.2, 0) is 14.3 Å². The van der Waals surface area contributed by atoms with Gasteiger partial charge in [-0.3, -0.25) is 19.4 Å². The van der Waals surface area contributed by atoms with Crippen LogP contribution < -0.4 is 5.32 Å². The zero-order chi connectivity index (χ0) is 26.7. The lowest BCUT2D eigenvalue weighted by Gasteiger charge is -2.38. The molecule has 1 spiro atoms. The monoisotopic (exact) mass is 518 g/mol. The Labute approximate surface area is 221 Å². The van der Waals surface area contributed by atoms with Gasteiger partial charge in [-0.25, -0.2) is 9.78 Å². The van der Waals surface area contributed by atoms with E-state index in [0.717, 1.165) is 60.2 Å². The third-order valence-electron chi connectivity index (χ3n) is 8.03.